The molecule has 0 spiro atoms. The van der Waals surface area contributed by atoms with Gasteiger partial charge in [0.05, 0.1) is 0 Å². The Morgan fingerprint density at radius 3 is 2.47 bits per heavy atom. The summed E-state index contributed by atoms with van der Waals surface area (Å²) in [5.74, 6) is 0. The van der Waals surface area contributed by atoms with Crippen LogP contribution in [-0.2, 0) is 16.6 Å². The highest BCUT2D eigenvalue weighted by atomic mass is 32.2. The predicted molar refractivity (Wildman–Crippen MR) is 73.3 cm³/mol. The molecule has 1 fully saturated rings. The van der Waals surface area contributed by atoms with Crippen LogP contribution in [0.3, 0.4) is 0 Å². The molecule has 1 aliphatic heterocycles. The minimum atomic E-state index is -3.44. The Morgan fingerprint density at radius 1 is 1.26 bits per heavy atom. The molecule has 19 heavy (non-hydrogen) atoms. The number of likely N-dealkylation sites (N-methyl/N-ethyl adjacent to an activating group) is 1. The van der Waals surface area contributed by atoms with Crippen molar-refractivity contribution in [2.75, 3.05) is 40.3 Å². The zero-order valence-corrected chi connectivity index (χ0v) is 12.2. The molecule has 0 atom stereocenters. The van der Waals surface area contributed by atoms with E-state index in [1.54, 1.807) is 18.3 Å². The molecule has 1 N–H and O–H groups in total. The molecular formula is C12H20N4O2S. The molecule has 0 bridgehead atoms. The SMILES string of the molecule is CNCc1ccc(S(=O)(=O)N2CCN(C)CC2)nc1. The van der Waals surface area contributed by atoms with Crippen molar-refractivity contribution in [1.29, 1.82) is 0 Å². The topological polar surface area (TPSA) is 65.5 Å². The number of rotatable bonds is 4. The smallest absolute Gasteiger partial charge is 0.260 e. The Balaban J connectivity index is 2.15. The largest absolute Gasteiger partial charge is 0.316 e. The zero-order valence-electron chi connectivity index (χ0n) is 11.3. The van der Waals surface area contributed by atoms with Crippen LogP contribution < -0.4 is 5.32 Å². The van der Waals surface area contributed by atoms with E-state index in [2.05, 4.69) is 15.2 Å². The Kier molecular flexibility index (Phi) is 4.51. The molecule has 1 aromatic rings. The van der Waals surface area contributed by atoms with Gasteiger partial charge >= 0.3 is 0 Å². The van der Waals surface area contributed by atoms with Crippen LogP contribution in [0.1, 0.15) is 5.56 Å². The van der Waals surface area contributed by atoms with Gasteiger partial charge in [-0.25, -0.2) is 13.4 Å². The number of nitrogens with one attached hydrogen (secondary N) is 1. The zero-order chi connectivity index (χ0) is 13.9. The van der Waals surface area contributed by atoms with Gasteiger partial charge in [0, 0.05) is 38.9 Å². The summed E-state index contributed by atoms with van der Waals surface area (Å²) in [5.41, 5.74) is 0.972. The van der Waals surface area contributed by atoms with Gasteiger partial charge in [0.1, 0.15) is 0 Å². The van der Waals surface area contributed by atoms with Gasteiger partial charge in [-0.1, -0.05) is 6.07 Å². The van der Waals surface area contributed by atoms with Crippen molar-refractivity contribution in [2.24, 2.45) is 0 Å². The number of hydrogen-bond acceptors (Lipinski definition) is 5. The first-order valence-electron chi connectivity index (χ1n) is 6.32. The molecule has 0 amide bonds. The quantitative estimate of drug-likeness (QED) is 0.825. The lowest BCUT2D eigenvalue weighted by Crippen LogP contribution is -2.47. The fourth-order valence-corrected chi connectivity index (χ4v) is 3.37. The third-order valence-electron chi connectivity index (χ3n) is 3.24. The average Bonchev–Trinajstić information content (AvgIpc) is 2.40. The van der Waals surface area contributed by atoms with Gasteiger partial charge in [-0.15, -0.1) is 0 Å². The van der Waals surface area contributed by atoms with Crippen LogP contribution in [0.2, 0.25) is 0 Å². The lowest BCUT2D eigenvalue weighted by Gasteiger charge is -2.31. The highest BCUT2D eigenvalue weighted by Gasteiger charge is 2.28. The van der Waals surface area contributed by atoms with E-state index in [1.165, 1.54) is 4.31 Å². The highest BCUT2D eigenvalue weighted by molar-refractivity contribution is 7.89. The molecule has 1 aliphatic rings. The van der Waals surface area contributed by atoms with Gasteiger partial charge in [-0.3, -0.25) is 0 Å². The molecule has 7 heteroatoms. The summed E-state index contributed by atoms with van der Waals surface area (Å²) in [4.78, 5) is 6.20. The maximum absolute atomic E-state index is 12.4. The number of pyridine rings is 1. The van der Waals surface area contributed by atoms with Gasteiger partial charge in [-0.05, 0) is 25.7 Å². The summed E-state index contributed by atoms with van der Waals surface area (Å²) in [6.07, 6.45) is 1.61. The second kappa shape index (κ2) is 5.96. The summed E-state index contributed by atoms with van der Waals surface area (Å²) < 4.78 is 26.3. The molecule has 1 saturated heterocycles. The van der Waals surface area contributed by atoms with Crippen LogP contribution in [0, 0.1) is 0 Å². The Bertz CT molecular complexity index is 507. The van der Waals surface area contributed by atoms with E-state index >= 15 is 0 Å². The first-order chi connectivity index (χ1) is 9.04. The van der Waals surface area contributed by atoms with Crippen molar-refractivity contribution in [3.05, 3.63) is 23.9 Å². The van der Waals surface area contributed by atoms with Crippen LogP contribution in [-0.4, -0.2) is 62.9 Å². The van der Waals surface area contributed by atoms with E-state index in [0.717, 1.165) is 18.7 Å². The van der Waals surface area contributed by atoms with Gasteiger partial charge in [0.2, 0.25) is 0 Å². The van der Waals surface area contributed by atoms with Gasteiger partial charge in [0.15, 0.2) is 5.03 Å². The summed E-state index contributed by atoms with van der Waals surface area (Å²) in [6, 6.07) is 3.38. The van der Waals surface area contributed by atoms with Crippen LogP contribution in [0.4, 0.5) is 0 Å². The maximum Gasteiger partial charge on any atom is 0.260 e. The molecule has 0 saturated carbocycles. The second-order valence-electron chi connectivity index (χ2n) is 4.74. The lowest BCUT2D eigenvalue weighted by molar-refractivity contribution is 0.222. The Morgan fingerprint density at radius 2 is 1.95 bits per heavy atom. The summed E-state index contributed by atoms with van der Waals surface area (Å²) in [7, 11) is 0.395. The number of hydrogen-bond donors (Lipinski definition) is 1. The number of sulfonamides is 1. The molecule has 2 rings (SSSR count). The van der Waals surface area contributed by atoms with Crippen molar-refractivity contribution in [1.82, 2.24) is 19.5 Å². The maximum atomic E-state index is 12.4. The monoisotopic (exact) mass is 284 g/mol. The van der Waals surface area contributed by atoms with E-state index in [0.29, 0.717) is 19.6 Å². The Hall–Kier alpha value is -1.02. The molecule has 2 heterocycles. The number of piperazine rings is 1. The number of nitrogens with zero attached hydrogens (tertiary/aromatic N) is 3. The van der Waals surface area contributed by atoms with Crippen LogP contribution in [0.15, 0.2) is 23.4 Å². The average molecular weight is 284 g/mol. The third-order valence-corrected chi connectivity index (χ3v) is 5.06. The molecule has 106 valence electrons. The molecule has 0 radical (unpaired) electrons. The van der Waals surface area contributed by atoms with Crippen LogP contribution in [0.5, 0.6) is 0 Å². The normalized spacial score (nSPS) is 18.6. The molecule has 0 unspecified atom stereocenters. The molecule has 0 aromatic carbocycles. The summed E-state index contributed by atoms with van der Waals surface area (Å²) in [5, 5.41) is 3.14. The van der Waals surface area contributed by atoms with Crippen molar-refractivity contribution >= 4 is 10.0 Å². The standard InChI is InChI=1S/C12H20N4O2S/c1-13-9-11-3-4-12(14-10-11)19(17,18)16-7-5-15(2)6-8-16/h3-4,10,13H,5-9H2,1-2H3. The summed E-state index contributed by atoms with van der Waals surface area (Å²) in [6.45, 7) is 3.26. The first kappa shape index (κ1) is 14.4. The van der Waals surface area contributed by atoms with E-state index in [-0.39, 0.29) is 5.03 Å². The molecule has 0 aliphatic carbocycles. The van der Waals surface area contributed by atoms with Crippen LogP contribution >= 0.6 is 0 Å². The molecular weight excluding hydrogens is 264 g/mol. The van der Waals surface area contributed by atoms with E-state index in [1.807, 2.05) is 14.1 Å². The van der Waals surface area contributed by atoms with Gasteiger partial charge in [0.25, 0.3) is 10.0 Å². The highest BCUT2D eigenvalue weighted by Crippen LogP contribution is 2.15. The van der Waals surface area contributed by atoms with E-state index < -0.39 is 10.0 Å². The predicted octanol–water partition coefficient (Wildman–Crippen LogP) is -0.263. The van der Waals surface area contributed by atoms with Crippen molar-refractivity contribution in [3.63, 3.8) is 0 Å². The van der Waals surface area contributed by atoms with E-state index in [4.69, 9.17) is 0 Å². The summed E-state index contributed by atoms with van der Waals surface area (Å²) >= 11 is 0. The lowest BCUT2D eigenvalue weighted by atomic mass is 10.3. The minimum Gasteiger partial charge on any atom is -0.316 e. The van der Waals surface area contributed by atoms with Crippen molar-refractivity contribution in [2.45, 2.75) is 11.6 Å². The fourth-order valence-electron chi connectivity index (χ4n) is 2.03. The molecule has 1 aromatic heterocycles. The second-order valence-corrected chi connectivity index (χ2v) is 6.63. The first-order valence-corrected chi connectivity index (χ1v) is 7.76. The van der Waals surface area contributed by atoms with E-state index in [9.17, 15) is 8.42 Å². The minimum absolute atomic E-state index is 0.136. The fraction of sp³-hybridized carbons (Fsp3) is 0.583. The van der Waals surface area contributed by atoms with Crippen molar-refractivity contribution < 1.29 is 8.42 Å². The van der Waals surface area contributed by atoms with Crippen molar-refractivity contribution in [3.8, 4) is 0 Å². The van der Waals surface area contributed by atoms with Gasteiger partial charge < -0.3 is 10.2 Å². The van der Waals surface area contributed by atoms with Crippen LogP contribution in [0.25, 0.3) is 0 Å². The Labute approximate surface area is 114 Å². The molecule has 6 nitrogen and oxygen atoms in total. The van der Waals surface area contributed by atoms with Gasteiger partial charge in [-0.2, -0.15) is 4.31 Å². The third kappa shape index (κ3) is 3.30. The number of aromatic nitrogens is 1.